The summed E-state index contributed by atoms with van der Waals surface area (Å²) < 4.78 is 7.87. The number of methoxy groups -OCH3 is 1. The number of aromatic nitrogens is 2. The van der Waals surface area contributed by atoms with Crippen LogP contribution in [0.4, 0.5) is 5.69 Å². The highest BCUT2D eigenvalue weighted by Gasteiger charge is 2.13. The van der Waals surface area contributed by atoms with Gasteiger partial charge < -0.3 is 9.64 Å². The molecule has 0 atom stereocenters. The summed E-state index contributed by atoms with van der Waals surface area (Å²) in [6.07, 6.45) is 0. The lowest BCUT2D eigenvalue weighted by Gasteiger charge is -2.26. The zero-order chi connectivity index (χ0) is 19.4. The number of hydrogen-bond acceptors (Lipinski definition) is 4. The Bertz CT molecular complexity index is 1020. The average molecular weight is 365 g/mol. The molecule has 0 spiro atoms. The predicted octanol–water partition coefficient (Wildman–Crippen LogP) is 2.30. The molecule has 0 saturated carbocycles. The zero-order valence-electron chi connectivity index (χ0n) is 15.8. The molecule has 0 amide bonds. The van der Waals surface area contributed by atoms with Gasteiger partial charge in [0.2, 0.25) is 0 Å². The summed E-state index contributed by atoms with van der Waals surface area (Å²) in [5.74, 6) is 0.777. The van der Waals surface area contributed by atoms with Gasteiger partial charge in [0.15, 0.2) is 0 Å². The molecule has 0 unspecified atom stereocenters. The standard InChI is InChI=1S/C21H23N3O3/c1-22-18(13-20(25)23(2)21(22)26)15-24(14-16-7-5-4-6-8-16)17-9-11-19(27-3)12-10-17/h4-13H,14-15H2,1-3H3. The van der Waals surface area contributed by atoms with Gasteiger partial charge in [-0.3, -0.25) is 13.9 Å². The maximum absolute atomic E-state index is 12.3. The molecule has 1 aromatic heterocycles. The van der Waals surface area contributed by atoms with Crippen molar-refractivity contribution in [3.63, 3.8) is 0 Å². The van der Waals surface area contributed by atoms with Crippen molar-refractivity contribution < 1.29 is 4.74 Å². The second-order valence-electron chi connectivity index (χ2n) is 6.41. The summed E-state index contributed by atoms with van der Waals surface area (Å²) in [6.45, 7) is 1.08. The van der Waals surface area contributed by atoms with E-state index in [4.69, 9.17) is 4.74 Å². The SMILES string of the molecule is COc1ccc(N(Cc2ccccc2)Cc2cc(=O)n(C)c(=O)n2C)cc1. The van der Waals surface area contributed by atoms with E-state index >= 15 is 0 Å². The minimum Gasteiger partial charge on any atom is -0.497 e. The lowest BCUT2D eigenvalue weighted by Crippen LogP contribution is -2.39. The third-order valence-corrected chi connectivity index (χ3v) is 4.63. The van der Waals surface area contributed by atoms with Crippen LogP contribution in [0.15, 0.2) is 70.3 Å². The molecule has 1 heterocycles. The number of benzene rings is 2. The summed E-state index contributed by atoms with van der Waals surface area (Å²) in [5, 5.41) is 0. The molecule has 0 radical (unpaired) electrons. The highest BCUT2D eigenvalue weighted by molar-refractivity contribution is 5.50. The van der Waals surface area contributed by atoms with Gasteiger partial charge >= 0.3 is 5.69 Å². The van der Waals surface area contributed by atoms with Crippen LogP contribution in [0.3, 0.4) is 0 Å². The zero-order valence-corrected chi connectivity index (χ0v) is 15.8. The molecular weight excluding hydrogens is 342 g/mol. The Balaban J connectivity index is 1.99. The Morgan fingerprint density at radius 1 is 0.889 bits per heavy atom. The molecule has 140 valence electrons. The minimum absolute atomic E-state index is 0.303. The van der Waals surface area contributed by atoms with Crippen LogP contribution in [-0.2, 0) is 27.2 Å². The number of hydrogen-bond donors (Lipinski definition) is 0. The van der Waals surface area contributed by atoms with Crippen LogP contribution >= 0.6 is 0 Å². The van der Waals surface area contributed by atoms with Crippen molar-refractivity contribution in [1.82, 2.24) is 9.13 Å². The third kappa shape index (κ3) is 4.11. The smallest absolute Gasteiger partial charge is 0.330 e. The van der Waals surface area contributed by atoms with Crippen molar-refractivity contribution in [2.75, 3.05) is 12.0 Å². The highest BCUT2D eigenvalue weighted by atomic mass is 16.5. The normalized spacial score (nSPS) is 10.6. The fourth-order valence-electron chi connectivity index (χ4n) is 2.96. The van der Waals surface area contributed by atoms with Crippen molar-refractivity contribution in [3.8, 4) is 5.75 Å². The quantitative estimate of drug-likeness (QED) is 0.673. The van der Waals surface area contributed by atoms with Crippen LogP contribution in [0.5, 0.6) is 5.75 Å². The summed E-state index contributed by atoms with van der Waals surface area (Å²) in [4.78, 5) is 26.5. The molecule has 0 fully saturated rings. The van der Waals surface area contributed by atoms with Gasteiger partial charge in [-0.15, -0.1) is 0 Å². The summed E-state index contributed by atoms with van der Waals surface area (Å²) in [6, 6.07) is 19.3. The van der Waals surface area contributed by atoms with Gasteiger partial charge in [0.1, 0.15) is 5.75 Å². The Morgan fingerprint density at radius 3 is 2.19 bits per heavy atom. The van der Waals surface area contributed by atoms with Crippen LogP contribution in [0.2, 0.25) is 0 Å². The molecule has 3 rings (SSSR count). The van der Waals surface area contributed by atoms with Gasteiger partial charge in [0.25, 0.3) is 5.56 Å². The lowest BCUT2D eigenvalue weighted by molar-refractivity contribution is 0.415. The fourth-order valence-corrected chi connectivity index (χ4v) is 2.96. The van der Waals surface area contributed by atoms with Gasteiger partial charge in [0.05, 0.1) is 13.7 Å². The maximum atomic E-state index is 12.3. The molecular formula is C21H23N3O3. The predicted molar refractivity (Wildman–Crippen MR) is 106 cm³/mol. The molecule has 0 N–H and O–H groups in total. The second kappa shape index (κ2) is 7.95. The Morgan fingerprint density at radius 2 is 1.56 bits per heavy atom. The van der Waals surface area contributed by atoms with E-state index in [1.807, 2.05) is 42.5 Å². The van der Waals surface area contributed by atoms with E-state index in [1.54, 1.807) is 14.2 Å². The van der Waals surface area contributed by atoms with Crippen LogP contribution in [0.25, 0.3) is 0 Å². The topological polar surface area (TPSA) is 56.5 Å². The fraction of sp³-hybridized carbons (Fsp3) is 0.238. The first kappa shape index (κ1) is 18.5. The van der Waals surface area contributed by atoms with Crippen molar-refractivity contribution in [1.29, 1.82) is 0 Å². The molecule has 0 bridgehead atoms. The molecule has 0 saturated heterocycles. The third-order valence-electron chi connectivity index (χ3n) is 4.63. The summed E-state index contributed by atoms with van der Waals surface area (Å²) in [5.41, 5.74) is 2.15. The molecule has 27 heavy (non-hydrogen) atoms. The average Bonchev–Trinajstić information content (AvgIpc) is 2.70. The number of ether oxygens (including phenoxy) is 1. The monoisotopic (exact) mass is 365 g/mol. The van der Waals surface area contributed by atoms with Crippen LogP contribution < -0.4 is 20.9 Å². The van der Waals surface area contributed by atoms with Crippen molar-refractivity contribution in [2.24, 2.45) is 14.1 Å². The first-order valence-corrected chi connectivity index (χ1v) is 8.68. The first-order valence-electron chi connectivity index (χ1n) is 8.68. The molecule has 0 aliphatic carbocycles. The van der Waals surface area contributed by atoms with Gasteiger partial charge in [-0.1, -0.05) is 30.3 Å². The van der Waals surface area contributed by atoms with Gasteiger partial charge in [0, 0.05) is 38.1 Å². The minimum atomic E-state index is -0.327. The largest absolute Gasteiger partial charge is 0.497 e. The Hall–Kier alpha value is -3.28. The second-order valence-corrected chi connectivity index (χ2v) is 6.41. The van der Waals surface area contributed by atoms with E-state index in [1.165, 1.54) is 17.7 Å². The van der Waals surface area contributed by atoms with E-state index < -0.39 is 0 Å². The molecule has 0 aliphatic heterocycles. The van der Waals surface area contributed by atoms with Crippen molar-refractivity contribution >= 4 is 5.69 Å². The van der Waals surface area contributed by atoms with Crippen LogP contribution in [0.1, 0.15) is 11.3 Å². The van der Waals surface area contributed by atoms with E-state index in [0.717, 1.165) is 21.6 Å². The lowest BCUT2D eigenvalue weighted by atomic mass is 10.2. The highest BCUT2D eigenvalue weighted by Crippen LogP contribution is 2.22. The maximum Gasteiger partial charge on any atom is 0.330 e. The molecule has 0 aliphatic rings. The van der Waals surface area contributed by atoms with E-state index in [0.29, 0.717) is 18.8 Å². The van der Waals surface area contributed by atoms with Gasteiger partial charge in [-0.25, -0.2) is 4.79 Å². The molecule has 3 aromatic rings. The van der Waals surface area contributed by atoms with Gasteiger partial charge in [-0.05, 0) is 29.8 Å². The van der Waals surface area contributed by atoms with Crippen molar-refractivity contribution in [3.05, 3.63) is 92.8 Å². The Kier molecular flexibility index (Phi) is 5.45. The van der Waals surface area contributed by atoms with Gasteiger partial charge in [-0.2, -0.15) is 0 Å². The first-order chi connectivity index (χ1) is 13.0. The number of rotatable bonds is 6. The summed E-state index contributed by atoms with van der Waals surface area (Å²) in [7, 11) is 4.80. The van der Waals surface area contributed by atoms with Crippen LogP contribution in [0, 0.1) is 0 Å². The molecule has 6 heteroatoms. The van der Waals surface area contributed by atoms with Crippen molar-refractivity contribution in [2.45, 2.75) is 13.1 Å². The number of nitrogens with zero attached hydrogens (tertiary/aromatic N) is 3. The summed E-state index contributed by atoms with van der Waals surface area (Å²) >= 11 is 0. The molecule has 6 nitrogen and oxygen atoms in total. The van der Waals surface area contributed by atoms with E-state index in [-0.39, 0.29) is 11.2 Å². The van der Waals surface area contributed by atoms with Crippen LogP contribution in [-0.4, -0.2) is 16.2 Å². The number of anilines is 1. The van der Waals surface area contributed by atoms with E-state index in [2.05, 4.69) is 17.0 Å². The molecule has 2 aromatic carbocycles. The van der Waals surface area contributed by atoms with E-state index in [9.17, 15) is 9.59 Å². The Labute approximate surface area is 157 Å².